The van der Waals surface area contributed by atoms with Gasteiger partial charge in [-0.2, -0.15) is 0 Å². The average Bonchev–Trinajstić information content (AvgIpc) is 2.27. The van der Waals surface area contributed by atoms with E-state index >= 15 is 0 Å². The zero-order valence-corrected chi connectivity index (χ0v) is 11.4. The van der Waals surface area contributed by atoms with Crippen molar-refractivity contribution in [3.63, 3.8) is 0 Å². The molecule has 0 amide bonds. The van der Waals surface area contributed by atoms with Crippen LogP contribution in [0.5, 0.6) is 0 Å². The summed E-state index contributed by atoms with van der Waals surface area (Å²) in [6.07, 6.45) is 1.62. The number of hydrogen-bond donors (Lipinski definition) is 4. The second-order valence-corrected chi connectivity index (χ2v) is 7.33. The monoisotopic (exact) mass is 275 g/mol. The predicted octanol–water partition coefficient (Wildman–Crippen LogP) is 1.04. The molecular weight excluding hydrogens is 257 g/mol. The van der Waals surface area contributed by atoms with Gasteiger partial charge in [0.15, 0.2) is 5.34 Å². The maximum absolute atomic E-state index is 10.4. The summed E-state index contributed by atoms with van der Waals surface area (Å²) < 4.78 is 0. The van der Waals surface area contributed by atoms with Gasteiger partial charge in [0.2, 0.25) is 6.49 Å². The molecule has 6 heteroatoms. The Morgan fingerprint density at radius 3 is 2.41 bits per heavy atom. The first kappa shape index (κ1) is 14.8. The van der Waals surface area contributed by atoms with Gasteiger partial charge in [-0.15, -0.1) is 0 Å². The van der Waals surface area contributed by atoms with E-state index in [1.807, 2.05) is 19.1 Å². The van der Waals surface area contributed by atoms with Gasteiger partial charge in [-0.3, -0.25) is 0 Å². The van der Waals surface area contributed by atoms with Crippen LogP contribution in [-0.2, 0) is 23.6 Å². The molecular formula is C11H18NO3PS. The lowest BCUT2D eigenvalue weighted by atomic mass is 9.98. The summed E-state index contributed by atoms with van der Waals surface area (Å²) in [5.74, 6) is 0. The van der Waals surface area contributed by atoms with Crippen molar-refractivity contribution in [2.75, 3.05) is 6.54 Å². The van der Waals surface area contributed by atoms with Gasteiger partial charge in [0.05, 0.1) is 0 Å². The molecule has 96 valence electrons. The number of hydrogen-bond acceptors (Lipinski definition) is 3. The quantitative estimate of drug-likeness (QED) is 0.603. The van der Waals surface area contributed by atoms with E-state index in [1.165, 1.54) is 0 Å². The third kappa shape index (κ3) is 2.94. The molecule has 0 aromatic heterocycles. The first-order valence-electron chi connectivity index (χ1n) is 5.43. The molecule has 0 saturated heterocycles. The highest BCUT2D eigenvalue weighted by Crippen LogP contribution is 2.55. The molecule has 0 heterocycles. The fraction of sp³-hybridized carbons (Fsp3) is 0.455. The number of aryl methyl sites for hydroxylation is 1. The van der Waals surface area contributed by atoms with E-state index < -0.39 is 11.8 Å². The van der Waals surface area contributed by atoms with Gasteiger partial charge in [-0.25, -0.2) is 0 Å². The number of rotatable bonds is 5. The molecule has 0 aliphatic heterocycles. The largest absolute Gasteiger partial charge is 0.374 e. The van der Waals surface area contributed by atoms with E-state index in [2.05, 4.69) is 11.8 Å². The van der Waals surface area contributed by atoms with Crippen molar-refractivity contribution in [1.82, 2.24) is 0 Å². The summed E-state index contributed by atoms with van der Waals surface area (Å²) in [6, 6.07) is 7.04. The van der Waals surface area contributed by atoms with E-state index in [1.54, 1.807) is 12.1 Å². The molecule has 0 spiro atoms. The van der Waals surface area contributed by atoms with Crippen LogP contribution in [-0.4, -0.2) is 21.4 Å². The van der Waals surface area contributed by atoms with Crippen LogP contribution in [0.15, 0.2) is 24.3 Å². The van der Waals surface area contributed by atoms with Gasteiger partial charge in [-0.05, 0) is 29.4 Å². The Balaban J connectivity index is 3.35. The zero-order chi connectivity index (χ0) is 13.1. The van der Waals surface area contributed by atoms with Crippen LogP contribution in [0.2, 0.25) is 0 Å². The Labute approximate surface area is 106 Å². The van der Waals surface area contributed by atoms with E-state index in [9.17, 15) is 14.9 Å². The smallest absolute Gasteiger partial charge is 0.221 e. The van der Waals surface area contributed by atoms with Gasteiger partial charge in [0.1, 0.15) is 0 Å². The van der Waals surface area contributed by atoms with Gasteiger partial charge in [0, 0.05) is 6.54 Å². The standard InChI is InChI=1S/C11H18NO3PS/c1-2-5-9-6-3-4-7-10(9)11(13,8-12)16(14,15)17/h3-4,6-7,13H,2,5,8,12H2,1H3,(H2,14,15,17). The average molecular weight is 275 g/mol. The number of nitrogens with two attached hydrogens (primary N) is 1. The number of benzene rings is 1. The fourth-order valence-corrected chi connectivity index (χ4v) is 3.07. The van der Waals surface area contributed by atoms with E-state index in [0.29, 0.717) is 5.56 Å². The Morgan fingerprint density at radius 1 is 1.35 bits per heavy atom. The lowest BCUT2D eigenvalue weighted by molar-refractivity contribution is 0.113. The molecule has 0 saturated carbocycles. The van der Waals surface area contributed by atoms with Crippen LogP contribution in [0, 0.1) is 0 Å². The summed E-state index contributed by atoms with van der Waals surface area (Å²) in [5, 5.41) is 8.43. The normalized spacial score (nSPS) is 15.6. The Kier molecular flexibility index (Phi) is 4.84. The molecule has 0 fully saturated rings. The first-order chi connectivity index (χ1) is 7.86. The number of aliphatic hydroxyl groups is 1. The summed E-state index contributed by atoms with van der Waals surface area (Å²) in [6.45, 7) is -2.20. The molecule has 1 unspecified atom stereocenters. The predicted molar refractivity (Wildman–Crippen MR) is 72.1 cm³/mol. The van der Waals surface area contributed by atoms with Crippen LogP contribution in [0.1, 0.15) is 24.5 Å². The van der Waals surface area contributed by atoms with Crippen LogP contribution in [0.25, 0.3) is 0 Å². The van der Waals surface area contributed by atoms with E-state index in [4.69, 9.17) is 5.73 Å². The topological polar surface area (TPSA) is 86.7 Å². The van der Waals surface area contributed by atoms with Crippen molar-refractivity contribution in [3.05, 3.63) is 35.4 Å². The lowest BCUT2D eigenvalue weighted by Gasteiger charge is -2.32. The summed E-state index contributed by atoms with van der Waals surface area (Å²) >= 11 is 4.64. The summed E-state index contributed by atoms with van der Waals surface area (Å²) in [7, 11) is 0. The second kappa shape index (κ2) is 5.57. The fourth-order valence-electron chi connectivity index (χ4n) is 1.78. The van der Waals surface area contributed by atoms with Gasteiger partial charge < -0.3 is 20.6 Å². The molecule has 0 bridgehead atoms. The van der Waals surface area contributed by atoms with E-state index in [-0.39, 0.29) is 6.54 Å². The van der Waals surface area contributed by atoms with Crippen LogP contribution >= 0.6 is 6.49 Å². The van der Waals surface area contributed by atoms with Crippen molar-refractivity contribution >= 4 is 18.3 Å². The van der Waals surface area contributed by atoms with E-state index in [0.717, 1.165) is 18.4 Å². The van der Waals surface area contributed by atoms with Crippen molar-refractivity contribution in [2.24, 2.45) is 5.73 Å². The third-order valence-electron chi connectivity index (χ3n) is 2.73. The maximum atomic E-state index is 10.4. The van der Waals surface area contributed by atoms with Gasteiger partial charge in [0.25, 0.3) is 0 Å². The minimum Gasteiger partial charge on any atom is -0.374 e. The van der Waals surface area contributed by atoms with Crippen molar-refractivity contribution < 1.29 is 14.9 Å². The summed E-state index contributed by atoms with van der Waals surface area (Å²) in [4.78, 5) is 19.3. The third-order valence-corrected chi connectivity index (χ3v) is 5.03. The zero-order valence-electron chi connectivity index (χ0n) is 9.71. The molecule has 0 radical (unpaired) electrons. The first-order valence-corrected chi connectivity index (χ1v) is 8.14. The van der Waals surface area contributed by atoms with Crippen LogP contribution < -0.4 is 5.73 Å². The minimum atomic E-state index is -3.90. The molecule has 0 aliphatic carbocycles. The highest BCUT2D eigenvalue weighted by atomic mass is 32.5. The molecule has 1 aromatic rings. The molecule has 17 heavy (non-hydrogen) atoms. The lowest BCUT2D eigenvalue weighted by Crippen LogP contribution is -2.35. The Hall–Kier alpha value is -0.290. The van der Waals surface area contributed by atoms with Crippen LogP contribution in [0.3, 0.4) is 0 Å². The molecule has 4 nitrogen and oxygen atoms in total. The highest BCUT2D eigenvalue weighted by Gasteiger charge is 2.42. The molecule has 1 atom stereocenters. The molecule has 1 aromatic carbocycles. The molecule has 5 N–H and O–H groups in total. The molecule has 0 aliphatic rings. The van der Waals surface area contributed by atoms with Crippen molar-refractivity contribution in [2.45, 2.75) is 25.1 Å². The maximum Gasteiger partial charge on any atom is 0.221 e. The van der Waals surface area contributed by atoms with Crippen LogP contribution in [0.4, 0.5) is 0 Å². The Morgan fingerprint density at radius 2 is 1.94 bits per heavy atom. The molecule has 1 rings (SSSR count). The van der Waals surface area contributed by atoms with Crippen molar-refractivity contribution in [3.8, 4) is 0 Å². The van der Waals surface area contributed by atoms with Gasteiger partial charge >= 0.3 is 0 Å². The van der Waals surface area contributed by atoms with Crippen molar-refractivity contribution in [1.29, 1.82) is 0 Å². The minimum absolute atomic E-state index is 0.308. The second-order valence-electron chi connectivity index (χ2n) is 3.97. The highest BCUT2D eigenvalue weighted by molar-refractivity contribution is 8.09. The Bertz CT molecular complexity index is 434. The van der Waals surface area contributed by atoms with Gasteiger partial charge in [-0.1, -0.05) is 37.6 Å². The summed E-state index contributed by atoms with van der Waals surface area (Å²) in [5.41, 5.74) is 6.76. The SMILES string of the molecule is CCCc1ccccc1C(O)(CN)P(O)(O)=S.